The van der Waals surface area contributed by atoms with Gasteiger partial charge in [0.05, 0.1) is 6.54 Å². The minimum absolute atomic E-state index is 0.183. The van der Waals surface area contributed by atoms with Crippen molar-refractivity contribution in [2.24, 2.45) is 4.99 Å². The summed E-state index contributed by atoms with van der Waals surface area (Å²) in [5.74, 6) is 0.476. The maximum atomic E-state index is 11.6. The molecule has 0 aliphatic carbocycles. The standard InChI is InChI=1S/C11H13N5O2/c1-7-3-4-8(12-5-7)13-11(18)15-10-14-9(17)6-16(10)2/h3-5H,6H2,1-2H3,(H2,12,13,14,15,17,18). The molecule has 18 heavy (non-hydrogen) atoms. The fourth-order valence-electron chi connectivity index (χ4n) is 1.44. The summed E-state index contributed by atoms with van der Waals surface area (Å²) in [4.78, 5) is 32.0. The predicted molar refractivity (Wildman–Crippen MR) is 66.2 cm³/mol. The molecule has 3 amide bonds. The second-order valence-electron chi connectivity index (χ2n) is 3.99. The number of nitrogens with zero attached hydrogens (tertiary/aromatic N) is 3. The smallest absolute Gasteiger partial charge is 0.336 e. The molecule has 94 valence electrons. The highest BCUT2D eigenvalue weighted by Gasteiger charge is 2.22. The lowest BCUT2D eigenvalue weighted by Crippen LogP contribution is -2.29. The van der Waals surface area contributed by atoms with Crippen molar-refractivity contribution < 1.29 is 9.59 Å². The number of pyridine rings is 1. The van der Waals surface area contributed by atoms with Crippen molar-refractivity contribution >= 4 is 23.7 Å². The van der Waals surface area contributed by atoms with Gasteiger partial charge in [0.2, 0.25) is 11.9 Å². The largest absolute Gasteiger partial charge is 0.349 e. The highest BCUT2D eigenvalue weighted by atomic mass is 16.2. The minimum atomic E-state index is -0.574. The molecule has 7 nitrogen and oxygen atoms in total. The quantitative estimate of drug-likeness (QED) is 0.749. The molecule has 1 aromatic heterocycles. The summed E-state index contributed by atoms with van der Waals surface area (Å²) in [5.41, 5.74) is 1.00. The number of rotatable bonds is 1. The number of aromatic nitrogens is 1. The lowest BCUT2D eigenvalue weighted by molar-refractivity contribution is -0.118. The van der Waals surface area contributed by atoms with Crippen molar-refractivity contribution in [2.45, 2.75) is 6.92 Å². The fourth-order valence-corrected chi connectivity index (χ4v) is 1.44. The lowest BCUT2D eigenvalue weighted by atomic mass is 10.3. The number of urea groups is 1. The Hall–Kier alpha value is -2.44. The normalized spacial score (nSPS) is 16.9. The van der Waals surface area contributed by atoms with Crippen LogP contribution in [-0.4, -0.2) is 41.4 Å². The van der Waals surface area contributed by atoms with Gasteiger partial charge in [-0.2, -0.15) is 4.99 Å². The molecule has 0 atom stereocenters. The van der Waals surface area contributed by atoms with Crippen LogP contribution in [0.2, 0.25) is 0 Å². The van der Waals surface area contributed by atoms with Crippen molar-refractivity contribution in [1.82, 2.24) is 15.2 Å². The molecular formula is C11H13N5O2. The molecule has 1 saturated heterocycles. The van der Waals surface area contributed by atoms with Gasteiger partial charge in [-0.25, -0.2) is 9.78 Å². The summed E-state index contributed by atoms with van der Waals surface area (Å²) >= 11 is 0. The van der Waals surface area contributed by atoms with Crippen LogP contribution in [-0.2, 0) is 4.79 Å². The SMILES string of the molecule is Cc1ccc(NC(=O)N=C2NC(=O)CN2C)nc1. The summed E-state index contributed by atoms with van der Waals surface area (Å²) in [7, 11) is 1.67. The number of hydrogen-bond donors (Lipinski definition) is 2. The number of carbonyl (C=O) groups excluding carboxylic acids is 2. The average molecular weight is 247 g/mol. The monoisotopic (exact) mass is 247 g/mol. The zero-order chi connectivity index (χ0) is 13.1. The van der Waals surface area contributed by atoms with E-state index in [0.29, 0.717) is 5.82 Å². The van der Waals surface area contributed by atoms with Crippen molar-refractivity contribution in [3.63, 3.8) is 0 Å². The second kappa shape index (κ2) is 4.82. The van der Waals surface area contributed by atoms with Gasteiger partial charge < -0.3 is 4.90 Å². The Morgan fingerprint density at radius 2 is 2.33 bits per heavy atom. The molecule has 0 unspecified atom stereocenters. The zero-order valence-electron chi connectivity index (χ0n) is 10.1. The summed E-state index contributed by atoms with van der Waals surface area (Å²) < 4.78 is 0. The number of aryl methyl sites for hydroxylation is 1. The lowest BCUT2D eigenvalue weighted by Gasteiger charge is -2.08. The van der Waals surface area contributed by atoms with E-state index in [0.717, 1.165) is 5.56 Å². The summed E-state index contributed by atoms with van der Waals surface area (Å²) in [5, 5.41) is 5.00. The number of anilines is 1. The van der Waals surface area contributed by atoms with E-state index in [1.54, 1.807) is 24.2 Å². The Kier molecular flexibility index (Phi) is 3.22. The summed E-state index contributed by atoms with van der Waals surface area (Å²) in [6.45, 7) is 2.11. The van der Waals surface area contributed by atoms with E-state index in [1.165, 1.54) is 0 Å². The van der Waals surface area contributed by atoms with Crippen LogP contribution >= 0.6 is 0 Å². The third kappa shape index (κ3) is 2.82. The van der Waals surface area contributed by atoms with Gasteiger partial charge in [-0.15, -0.1) is 0 Å². The van der Waals surface area contributed by atoms with Crippen LogP contribution < -0.4 is 10.6 Å². The molecule has 1 fully saturated rings. The molecule has 2 N–H and O–H groups in total. The molecule has 1 aliphatic rings. The van der Waals surface area contributed by atoms with Gasteiger partial charge in [-0.05, 0) is 18.6 Å². The van der Waals surface area contributed by atoms with Crippen LogP contribution in [0.3, 0.4) is 0 Å². The number of hydrogen-bond acceptors (Lipinski definition) is 3. The topological polar surface area (TPSA) is 86.7 Å². The van der Waals surface area contributed by atoms with Crippen molar-refractivity contribution in [3.8, 4) is 0 Å². The van der Waals surface area contributed by atoms with Crippen LogP contribution in [0.15, 0.2) is 23.3 Å². The average Bonchev–Trinajstić information content (AvgIpc) is 2.61. The van der Waals surface area contributed by atoms with Crippen LogP contribution in [0.4, 0.5) is 10.6 Å². The first kappa shape index (κ1) is 12.0. The molecular weight excluding hydrogens is 234 g/mol. The Morgan fingerprint density at radius 3 is 2.89 bits per heavy atom. The van der Waals surface area contributed by atoms with Gasteiger partial charge in [0.25, 0.3) is 0 Å². The van der Waals surface area contributed by atoms with E-state index < -0.39 is 6.03 Å². The third-order valence-electron chi connectivity index (χ3n) is 2.35. The summed E-state index contributed by atoms with van der Waals surface area (Å²) in [6, 6.07) is 2.94. The highest BCUT2D eigenvalue weighted by Crippen LogP contribution is 2.04. The van der Waals surface area contributed by atoms with E-state index >= 15 is 0 Å². The number of guanidine groups is 1. The molecule has 2 heterocycles. The van der Waals surface area contributed by atoms with E-state index in [2.05, 4.69) is 20.6 Å². The molecule has 2 rings (SSSR count). The van der Waals surface area contributed by atoms with E-state index in [1.807, 2.05) is 13.0 Å². The van der Waals surface area contributed by atoms with Gasteiger partial charge in [0.1, 0.15) is 5.82 Å². The molecule has 0 bridgehead atoms. The third-order valence-corrected chi connectivity index (χ3v) is 2.35. The molecule has 0 aromatic carbocycles. The number of amides is 3. The van der Waals surface area contributed by atoms with Crippen LogP contribution in [0, 0.1) is 6.92 Å². The maximum Gasteiger partial charge on any atom is 0.349 e. The Labute approximate surface area is 104 Å². The molecule has 0 saturated carbocycles. The van der Waals surface area contributed by atoms with Crippen LogP contribution in [0.5, 0.6) is 0 Å². The Balaban J connectivity index is 2.02. The second-order valence-corrected chi connectivity index (χ2v) is 3.99. The van der Waals surface area contributed by atoms with Gasteiger partial charge >= 0.3 is 6.03 Å². The van der Waals surface area contributed by atoms with E-state index in [9.17, 15) is 9.59 Å². The molecule has 1 aromatic rings. The number of likely N-dealkylation sites (N-methyl/N-ethyl adjacent to an activating group) is 1. The van der Waals surface area contributed by atoms with E-state index in [4.69, 9.17) is 0 Å². The van der Waals surface area contributed by atoms with Gasteiger partial charge in [0.15, 0.2) is 0 Å². The van der Waals surface area contributed by atoms with Gasteiger partial charge in [-0.1, -0.05) is 6.07 Å². The Morgan fingerprint density at radius 1 is 1.56 bits per heavy atom. The van der Waals surface area contributed by atoms with Crippen LogP contribution in [0.25, 0.3) is 0 Å². The minimum Gasteiger partial charge on any atom is -0.336 e. The van der Waals surface area contributed by atoms with Gasteiger partial charge in [-0.3, -0.25) is 15.4 Å². The van der Waals surface area contributed by atoms with Crippen molar-refractivity contribution in [2.75, 3.05) is 18.9 Å². The number of carbonyl (C=O) groups is 2. The zero-order valence-corrected chi connectivity index (χ0v) is 10.1. The van der Waals surface area contributed by atoms with Crippen LogP contribution in [0.1, 0.15) is 5.56 Å². The summed E-state index contributed by atoms with van der Waals surface area (Å²) in [6.07, 6.45) is 1.65. The van der Waals surface area contributed by atoms with Crippen molar-refractivity contribution in [3.05, 3.63) is 23.9 Å². The fraction of sp³-hybridized carbons (Fsp3) is 0.273. The Bertz CT molecular complexity index is 509. The predicted octanol–water partition coefficient (Wildman–Crippen LogP) is 0.340. The van der Waals surface area contributed by atoms with E-state index in [-0.39, 0.29) is 18.4 Å². The first-order chi connectivity index (χ1) is 8.54. The maximum absolute atomic E-state index is 11.6. The first-order valence-corrected chi connectivity index (χ1v) is 5.38. The van der Waals surface area contributed by atoms with Crippen molar-refractivity contribution in [1.29, 1.82) is 0 Å². The molecule has 0 radical (unpaired) electrons. The molecule has 0 spiro atoms. The highest BCUT2D eigenvalue weighted by molar-refractivity contribution is 6.09. The number of aliphatic imine (C=N–C) groups is 1. The van der Waals surface area contributed by atoms with Gasteiger partial charge in [0, 0.05) is 13.2 Å². The molecule has 7 heteroatoms. The first-order valence-electron chi connectivity index (χ1n) is 5.38. The number of nitrogens with one attached hydrogen (secondary N) is 2. The molecule has 1 aliphatic heterocycles.